The topological polar surface area (TPSA) is 39.4 Å². The van der Waals surface area contributed by atoms with Crippen LogP contribution < -0.4 is 0 Å². The van der Waals surface area contributed by atoms with Gasteiger partial charge in [-0.2, -0.15) is 13.2 Å². The van der Waals surface area contributed by atoms with Crippen LogP contribution in [-0.2, 0) is 10.9 Å². The Morgan fingerprint density at radius 3 is 2.53 bits per heavy atom. The van der Waals surface area contributed by atoms with Gasteiger partial charge in [0, 0.05) is 5.56 Å². The van der Waals surface area contributed by atoms with Crippen LogP contribution in [0.15, 0.2) is 41.2 Å². The molecule has 0 saturated heterocycles. The van der Waals surface area contributed by atoms with Crippen molar-refractivity contribution in [1.82, 2.24) is 0 Å². The number of alkyl halides is 3. The fraction of sp³-hybridized carbons (Fsp3) is 0.154. The van der Waals surface area contributed by atoms with Crippen molar-refractivity contribution in [1.29, 1.82) is 0 Å². The molecule has 0 saturated carbocycles. The first kappa shape index (κ1) is 13.2. The molecule has 2 aromatic rings. The van der Waals surface area contributed by atoms with Gasteiger partial charge in [0.1, 0.15) is 0 Å². The highest BCUT2D eigenvalue weighted by Crippen LogP contribution is 2.37. The van der Waals surface area contributed by atoms with Crippen LogP contribution in [0.25, 0.3) is 11.1 Å². The van der Waals surface area contributed by atoms with Gasteiger partial charge in [-0.05, 0) is 23.8 Å². The van der Waals surface area contributed by atoms with Gasteiger partial charge in [0.15, 0.2) is 0 Å². The monoisotopic (exact) mass is 270 g/mol. The van der Waals surface area contributed by atoms with E-state index in [9.17, 15) is 18.0 Å². The second-order valence-electron chi connectivity index (χ2n) is 3.76. The van der Waals surface area contributed by atoms with E-state index >= 15 is 0 Å². The molecule has 0 radical (unpaired) electrons. The van der Waals surface area contributed by atoms with Crippen LogP contribution in [0.1, 0.15) is 15.9 Å². The molecule has 3 nitrogen and oxygen atoms in total. The summed E-state index contributed by atoms with van der Waals surface area (Å²) in [5.41, 5.74) is -0.809. The molecule has 0 unspecified atom stereocenters. The van der Waals surface area contributed by atoms with Gasteiger partial charge in [0.25, 0.3) is 0 Å². The Labute approximate surface area is 106 Å². The van der Waals surface area contributed by atoms with Crippen molar-refractivity contribution in [2.45, 2.75) is 6.18 Å². The lowest BCUT2D eigenvalue weighted by Gasteiger charge is -2.13. The maximum absolute atomic E-state index is 13.0. The number of halogens is 3. The largest absolute Gasteiger partial charge is 0.472 e. The number of esters is 1. The van der Waals surface area contributed by atoms with E-state index in [4.69, 9.17) is 4.42 Å². The molecular formula is C13H9F3O3. The van der Waals surface area contributed by atoms with Crippen LogP contribution in [0.5, 0.6) is 0 Å². The highest BCUT2D eigenvalue weighted by Gasteiger charge is 2.34. The van der Waals surface area contributed by atoms with Crippen molar-refractivity contribution in [3.05, 3.63) is 47.9 Å². The highest BCUT2D eigenvalue weighted by molar-refractivity contribution is 5.90. The summed E-state index contributed by atoms with van der Waals surface area (Å²) in [6.45, 7) is 0. The zero-order chi connectivity index (χ0) is 14.0. The standard InChI is InChI=1S/C13H9F3O3/c1-18-12(17)8-2-3-10(9-4-5-19-7-9)11(6-8)13(14,15)16/h2-7H,1H3. The third-order valence-corrected chi connectivity index (χ3v) is 2.58. The molecule has 0 aliphatic rings. The number of rotatable bonds is 2. The fourth-order valence-corrected chi connectivity index (χ4v) is 1.69. The summed E-state index contributed by atoms with van der Waals surface area (Å²) in [5.74, 6) is -0.816. The molecule has 1 heterocycles. The number of furan rings is 1. The van der Waals surface area contributed by atoms with Crippen molar-refractivity contribution >= 4 is 5.97 Å². The maximum Gasteiger partial charge on any atom is 0.417 e. The van der Waals surface area contributed by atoms with Crippen LogP contribution in [0, 0.1) is 0 Å². The number of carbonyl (C=O) groups excluding carboxylic acids is 1. The van der Waals surface area contributed by atoms with Crippen LogP contribution in [0.3, 0.4) is 0 Å². The average Bonchev–Trinajstić information content (AvgIpc) is 2.90. The number of hydrogen-bond acceptors (Lipinski definition) is 3. The Morgan fingerprint density at radius 1 is 1.26 bits per heavy atom. The molecule has 0 amide bonds. The van der Waals surface area contributed by atoms with Gasteiger partial charge in [0.2, 0.25) is 0 Å². The molecule has 0 spiro atoms. The van der Waals surface area contributed by atoms with Gasteiger partial charge >= 0.3 is 12.1 Å². The molecule has 0 N–H and O–H groups in total. The average molecular weight is 270 g/mol. The summed E-state index contributed by atoms with van der Waals surface area (Å²) in [7, 11) is 1.11. The number of hydrogen-bond donors (Lipinski definition) is 0. The van der Waals surface area contributed by atoms with Gasteiger partial charge in [-0.25, -0.2) is 4.79 Å². The summed E-state index contributed by atoms with van der Waals surface area (Å²) >= 11 is 0. The van der Waals surface area contributed by atoms with Gasteiger partial charge < -0.3 is 9.15 Å². The Kier molecular flexibility index (Phi) is 3.33. The molecular weight excluding hydrogens is 261 g/mol. The Balaban J connectivity index is 2.59. The summed E-state index contributed by atoms with van der Waals surface area (Å²) in [6, 6.07) is 4.69. The molecule has 6 heteroatoms. The molecule has 0 bridgehead atoms. The van der Waals surface area contributed by atoms with E-state index in [0.717, 1.165) is 13.2 Å². The van der Waals surface area contributed by atoms with E-state index in [1.54, 1.807) is 0 Å². The molecule has 1 aromatic carbocycles. The van der Waals surface area contributed by atoms with Crippen molar-refractivity contribution in [2.75, 3.05) is 7.11 Å². The molecule has 0 atom stereocenters. The lowest BCUT2D eigenvalue weighted by atomic mass is 9.99. The lowest BCUT2D eigenvalue weighted by Crippen LogP contribution is -2.10. The minimum absolute atomic E-state index is 0.0473. The maximum atomic E-state index is 13.0. The van der Waals surface area contributed by atoms with Crippen LogP contribution >= 0.6 is 0 Å². The fourth-order valence-electron chi connectivity index (χ4n) is 1.69. The molecule has 0 aliphatic carbocycles. The van der Waals surface area contributed by atoms with E-state index in [0.29, 0.717) is 5.56 Å². The number of benzene rings is 1. The van der Waals surface area contributed by atoms with Crippen LogP contribution in [0.4, 0.5) is 13.2 Å². The number of ether oxygens (including phenoxy) is 1. The predicted octanol–water partition coefficient (Wildman–Crippen LogP) is 3.75. The Bertz CT molecular complexity index is 586. The van der Waals surface area contributed by atoms with Crippen LogP contribution in [-0.4, -0.2) is 13.1 Å². The van der Waals surface area contributed by atoms with Gasteiger partial charge in [-0.15, -0.1) is 0 Å². The van der Waals surface area contributed by atoms with E-state index in [-0.39, 0.29) is 11.1 Å². The molecule has 100 valence electrons. The second kappa shape index (κ2) is 4.79. The molecule has 1 aromatic heterocycles. The van der Waals surface area contributed by atoms with Crippen LogP contribution in [0.2, 0.25) is 0 Å². The van der Waals surface area contributed by atoms with Gasteiger partial charge in [0.05, 0.1) is 30.8 Å². The second-order valence-corrected chi connectivity index (χ2v) is 3.76. The molecule has 2 rings (SSSR count). The van der Waals surface area contributed by atoms with E-state index in [2.05, 4.69) is 4.74 Å². The normalized spacial score (nSPS) is 11.4. The summed E-state index contributed by atoms with van der Waals surface area (Å²) < 4.78 is 48.2. The van der Waals surface area contributed by atoms with E-state index < -0.39 is 17.7 Å². The van der Waals surface area contributed by atoms with Gasteiger partial charge in [-0.1, -0.05) is 6.07 Å². The molecule has 0 fully saturated rings. The van der Waals surface area contributed by atoms with Crippen molar-refractivity contribution in [3.8, 4) is 11.1 Å². The first-order valence-corrected chi connectivity index (χ1v) is 5.25. The third kappa shape index (κ3) is 2.62. The Hall–Kier alpha value is -2.24. The van der Waals surface area contributed by atoms with Crippen molar-refractivity contribution in [3.63, 3.8) is 0 Å². The zero-order valence-corrected chi connectivity index (χ0v) is 9.82. The van der Waals surface area contributed by atoms with Crippen molar-refractivity contribution < 1.29 is 27.1 Å². The summed E-state index contributed by atoms with van der Waals surface area (Å²) in [4.78, 5) is 11.3. The predicted molar refractivity (Wildman–Crippen MR) is 60.5 cm³/mol. The summed E-state index contributed by atoms with van der Waals surface area (Å²) in [5, 5.41) is 0. The summed E-state index contributed by atoms with van der Waals surface area (Å²) in [6.07, 6.45) is -2.08. The molecule has 0 aliphatic heterocycles. The van der Waals surface area contributed by atoms with Gasteiger partial charge in [-0.3, -0.25) is 0 Å². The third-order valence-electron chi connectivity index (χ3n) is 2.58. The Morgan fingerprint density at radius 2 is 2.00 bits per heavy atom. The first-order valence-electron chi connectivity index (χ1n) is 5.25. The smallest absolute Gasteiger partial charge is 0.417 e. The minimum Gasteiger partial charge on any atom is -0.472 e. The number of carbonyl (C=O) groups is 1. The van der Waals surface area contributed by atoms with E-state index in [1.165, 1.54) is 30.7 Å². The highest BCUT2D eigenvalue weighted by atomic mass is 19.4. The SMILES string of the molecule is COC(=O)c1ccc(-c2ccoc2)c(C(F)(F)F)c1. The van der Waals surface area contributed by atoms with E-state index in [1.807, 2.05) is 0 Å². The quantitative estimate of drug-likeness (QED) is 0.780. The molecule has 19 heavy (non-hydrogen) atoms. The first-order chi connectivity index (χ1) is 8.93. The number of methoxy groups -OCH3 is 1. The van der Waals surface area contributed by atoms with Crippen molar-refractivity contribution in [2.24, 2.45) is 0 Å². The minimum atomic E-state index is -4.57. The zero-order valence-electron chi connectivity index (χ0n) is 9.82. The lowest BCUT2D eigenvalue weighted by molar-refractivity contribution is -0.137.